The minimum atomic E-state index is -0.455. The van der Waals surface area contributed by atoms with E-state index in [1.54, 1.807) is 26.8 Å². The molecule has 0 aromatic carbocycles. The van der Waals surface area contributed by atoms with Gasteiger partial charge in [-0.15, -0.1) is 0 Å². The van der Waals surface area contributed by atoms with Crippen molar-refractivity contribution in [3.63, 3.8) is 0 Å². The molecule has 7 heteroatoms. The lowest BCUT2D eigenvalue weighted by Gasteiger charge is -1.98. The van der Waals surface area contributed by atoms with Gasteiger partial charge in [0.25, 0.3) is 0 Å². The average molecular weight is 253 g/mol. The Bertz CT molecular complexity index is 491. The molecule has 1 rings (SSSR count). The minimum Gasteiger partial charge on any atom is -0.463 e. The number of carbonyl (C=O) groups excluding carboxylic acids is 1. The normalized spacial score (nSPS) is 10.8. The molecule has 18 heavy (non-hydrogen) atoms. The number of aromatic nitrogens is 2. The molecule has 0 aliphatic carbocycles. The zero-order valence-corrected chi connectivity index (χ0v) is 10.5. The minimum absolute atomic E-state index is 0.0135. The smallest absolute Gasteiger partial charge is 0.330 e. The summed E-state index contributed by atoms with van der Waals surface area (Å²) < 4.78 is 6.19. The first kappa shape index (κ1) is 13.9. The van der Waals surface area contributed by atoms with Crippen molar-refractivity contribution in [2.45, 2.75) is 27.3 Å². The summed E-state index contributed by atoms with van der Waals surface area (Å²) in [6, 6.07) is 0. The second kappa shape index (κ2) is 5.95. The van der Waals surface area contributed by atoms with Crippen molar-refractivity contribution in [3.05, 3.63) is 33.7 Å². The Morgan fingerprint density at radius 2 is 2.22 bits per heavy atom. The van der Waals surface area contributed by atoms with Gasteiger partial charge in [-0.25, -0.2) is 4.79 Å². The number of aryl methyl sites for hydroxylation is 1. The molecule has 0 aliphatic rings. The van der Waals surface area contributed by atoms with E-state index < -0.39 is 10.9 Å². The number of rotatable bonds is 5. The number of carbonyl (C=O) groups is 1. The fourth-order valence-corrected chi connectivity index (χ4v) is 1.57. The van der Waals surface area contributed by atoms with Gasteiger partial charge < -0.3 is 4.74 Å². The Kier molecular flexibility index (Phi) is 4.59. The van der Waals surface area contributed by atoms with Crippen LogP contribution in [0.15, 0.2) is 12.2 Å². The molecule has 0 N–H and O–H groups in total. The van der Waals surface area contributed by atoms with Gasteiger partial charge in [-0.1, -0.05) is 6.08 Å². The summed E-state index contributed by atoms with van der Waals surface area (Å²) in [5.74, 6) is -0.437. The molecular formula is C11H15N3O4. The van der Waals surface area contributed by atoms with Crippen molar-refractivity contribution in [2.75, 3.05) is 6.61 Å². The molecule has 0 fully saturated rings. The van der Waals surface area contributed by atoms with Crippen LogP contribution in [0.3, 0.4) is 0 Å². The van der Waals surface area contributed by atoms with E-state index in [-0.39, 0.29) is 5.69 Å². The Hall–Kier alpha value is -2.18. The van der Waals surface area contributed by atoms with Crippen LogP contribution in [0.4, 0.5) is 5.69 Å². The predicted octanol–water partition coefficient (Wildman–Crippen LogP) is 1.53. The molecule has 1 heterocycles. The molecule has 0 spiro atoms. The van der Waals surface area contributed by atoms with Crippen LogP contribution in [-0.4, -0.2) is 27.3 Å². The predicted molar refractivity (Wildman–Crippen MR) is 64.1 cm³/mol. The third kappa shape index (κ3) is 3.16. The van der Waals surface area contributed by atoms with Crippen LogP contribution in [0.5, 0.6) is 0 Å². The zero-order chi connectivity index (χ0) is 13.7. The molecule has 0 saturated heterocycles. The average Bonchev–Trinajstić information content (AvgIpc) is 2.54. The Morgan fingerprint density at radius 3 is 2.72 bits per heavy atom. The van der Waals surface area contributed by atoms with Crippen LogP contribution in [-0.2, 0) is 16.1 Å². The van der Waals surface area contributed by atoms with Gasteiger partial charge in [0.1, 0.15) is 11.4 Å². The molecule has 1 aromatic rings. The van der Waals surface area contributed by atoms with Gasteiger partial charge in [-0.05, 0) is 20.8 Å². The van der Waals surface area contributed by atoms with Crippen molar-refractivity contribution in [2.24, 2.45) is 0 Å². The number of allylic oxidation sites excluding steroid dienone is 1. The van der Waals surface area contributed by atoms with Crippen molar-refractivity contribution >= 4 is 11.7 Å². The third-order valence-electron chi connectivity index (χ3n) is 2.34. The SMILES string of the molecule is CCOC(=O)/C=C/Cn1nc(C)c([N+](=O)[O-])c1C. The quantitative estimate of drug-likeness (QED) is 0.343. The van der Waals surface area contributed by atoms with Gasteiger partial charge in [0.05, 0.1) is 18.1 Å². The first-order chi connectivity index (χ1) is 8.47. The second-order valence-corrected chi connectivity index (χ2v) is 3.61. The number of esters is 1. The van der Waals surface area contributed by atoms with E-state index in [4.69, 9.17) is 4.74 Å². The van der Waals surface area contributed by atoms with Crippen molar-refractivity contribution in [1.29, 1.82) is 0 Å². The highest BCUT2D eigenvalue weighted by atomic mass is 16.6. The van der Waals surface area contributed by atoms with Crippen LogP contribution >= 0.6 is 0 Å². The van der Waals surface area contributed by atoms with E-state index in [1.165, 1.54) is 10.8 Å². The van der Waals surface area contributed by atoms with Gasteiger partial charge in [-0.2, -0.15) is 5.10 Å². The molecule has 1 aromatic heterocycles. The van der Waals surface area contributed by atoms with Gasteiger partial charge in [0.15, 0.2) is 0 Å². The van der Waals surface area contributed by atoms with E-state index in [1.807, 2.05) is 0 Å². The second-order valence-electron chi connectivity index (χ2n) is 3.61. The van der Waals surface area contributed by atoms with E-state index in [2.05, 4.69) is 5.10 Å². The Labute approximate surface area is 104 Å². The van der Waals surface area contributed by atoms with Crippen LogP contribution in [0.1, 0.15) is 18.3 Å². The maximum absolute atomic E-state index is 11.1. The van der Waals surface area contributed by atoms with Crippen molar-refractivity contribution in [1.82, 2.24) is 9.78 Å². The van der Waals surface area contributed by atoms with Crippen LogP contribution in [0.2, 0.25) is 0 Å². The van der Waals surface area contributed by atoms with E-state index >= 15 is 0 Å². The highest BCUT2D eigenvalue weighted by Crippen LogP contribution is 2.21. The topological polar surface area (TPSA) is 87.3 Å². The highest BCUT2D eigenvalue weighted by Gasteiger charge is 2.20. The Balaban J connectivity index is 2.78. The lowest BCUT2D eigenvalue weighted by Crippen LogP contribution is -2.03. The summed E-state index contributed by atoms with van der Waals surface area (Å²) in [6.45, 7) is 5.52. The van der Waals surface area contributed by atoms with Gasteiger partial charge in [0.2, 0.25) is 0 Å². The van der Waals surface area contributed by atoms with Crippen molar-refractivity contribution < 1.29 is 14.5 Å². The number of ether oxygens (including phenoxy) is 1. The molecule has 0 saturated carbocycles. The molecule has 0 aliphatic heterocycles. The highest BCUT2D eigenvalue weighted by molar-refractivity contribution is 5.81. The van der Waals surface area contributed by atoms with Gasteiger partial charge in [0, 0.05) is 6.08 Å². The fourth-order valence-electron chi connectivity index (χ4n) is 1.57. The summed E-state index contributed by atoms with van der Waals surface area (Å²) in [7, 11) is 0. The largest absolute Gasteiger partial charge is 0.463 e. The first-order valence-corrected chi connectivity index (χ1v) is 5.49. The molecule has 0 unspecified atom stereocenters. The number of hydrogen-bond acceptors (Lipinski definition) is 5. The molecule has 98 valence electrons. The van der Waals surface area contributed by atoms with Crippen molar-refractivity contribution in [3.8, 4) is 0 Å². The summed E-state index contributed by atoms with van der Waals surface area (Å²) >= 11 is 0. The Morgan fingerprint density at radius 1 is 1.56 bits per heavy atom. The first-order valence-electron chi connectivity index (χ1n) is 5.49. The number of nitrogens with zero attached hydrogens (tertiary/aromatic N) is 3. The molecular weight excluding hydrogens is 238 g/mol. The van der Waals surface area contributed by atoms with Crippen LogP contribution in [0.25, 0.3) is 0 Å². The fraction of sp³-hybridized carbons (Fsp3) is 0.455. The van der Waals surface area contributed by atoms with Crippen LogP contribution < -0.4 is 0 Å². The molecule has 0 bridgehead atoms. The summed E-state index contributed by atoms with van der Waals surface area (Å²) in [5, 5.41) is 14.8. The zero-order valence-electron chi connectivity index (χ0n) is 10.5. The van der Waals surface area contributed by atoms with Crippen LogP contribution in [0, 0.1) is 24.0 Å². The number of hydrogen-bond donors (Lipinski definition) is 0. The third-order valence-corrected chi connectivity index (χ3v) is 2.34. The molecule has 0 amide bonds. The monoisotopic (exact) mass is 253 g/mol. The van der Waals surface area contributed by atoms with E-state index in [0.717, 1.165) is 0 Å². The summed E-state index contributed by atoms with van der Waals surface area (Å²) in [6.07, 6.45) is 2.84. The van der Waals surface area contributed by atoms with E-state index in [0.29, 0.717) is 24.5 Å². The maximum atomic E-state index is 11.1. The number of nitro groups is 1. The molecule has 0 radical (unpaired) electrons. The molecule has 0 atom stereocenters. The van der Waals surface area contributed by atoms with Gasteiger partial charge >= 0.3 is 11.7 Å². The summed E-state index contributed by atoms with van der Waals surface area (Å²) in [4.78, 5) is 21.4. The molecule has 7 nitrogen and oxygen atoms in total. The lowest BCUT2D eigenvalue weighted by atomic mass is 10.3. The van der Waals surface area contributed by atoms with Gasteiger partial charge in [-0.3, -0.25) is 14.8 Å². The lowest BCUT2D eigenvalue weighted by molar-refractivity contribution is -0.386. The summed E-state index contributed by atoms with van der Waals surface area (Å²) in [5.41, 5.74) is 0.840. The standard InChI is InChI=1S/C11H15N3O4/c1-4-18-10(15)6-5-7-13-9(3)11(14(16)17)8(2)12-13/h5-6H,4,7H2,1-3H3/b6-5+. The van der Waals surface area contributed by atoms with E-state index in [9.17, 15) is 14.9 Å². The maximum Gasteiger partial charge on any atom is 0.330 e.